The first-order valence-corrected chi connectivity index (χ1v) is 9.68. The van der Waals surface area contributed by atoms with Crippen LogP contribution in [0.25, 0.3) is 11.3 Å². The molecule has 9 heteroatoms. The van der Waals surface area contributed by atoms with Gasteiger partial charge in [-0.1, -0.05) is 12.1 Å². The molecule has 0 spiro atoms. The lowest BCUT2D eigenvalue weighted by atomic mass is 10.1. The molecule has 29 heavy (non-hydrogen) atoms. The Bertz CT molecular complexity index is 1020. The number of anilines is 2. The summed E-state index contributed by atoms with van der Waals surface area (Å²) in [5.74, 6) is 0.549. The van der Waals surface area contributed by atoms with Crippen LogP contribution >= 0.6 is 11.3 Å². The molecular weight excluding hydrogens is 392 g/mol. The van der Waals surface area contributed by atoms with E-state index in [0.29, 0.717) is 10.8 Å². The second kappa shape index (κ2) is 9.16. The SMILES string of the molecule is COc1ccc(-c2nc(NC(=O)CCNc3ccccc3[N+](=O)[O-])sc2C)cc1. The fourth-order valence-electron chi connectivity index (χ4n) is 2.74. The first-order chi connectivity index (χ1) is 14.0. The minimum atomic E-state index is -0.457. The number of thiazole rings is 1. The highest BCUT2D eigenvalue weighted by atomic mass is 32.1. The number of methoxy groups -OCH3 is 1. The molecule has 0 aliphatic carbocycles. The number of nitrogens with zero attached hydrogens (tertiary/aromatic N) is 2. The molecule has 0 saturated heterocycles. The van der Waals surface area contributed by atoms with Gasteiger partial charge in [-0.3, -0.25) is 14.9 Å². The number of benzene rings is 2. The third-order valence-electron chi connectivity index (χ3n) is 4.17. The van der Waals surface area contributed by atoms with E-state index >= 15 is 0 Å². The topological polar surface area (TPSA) is 106 Å². The zero-order valence-corrected chi connectivity index (χ0v) is 16.8. The molecule has 0 bridgehead atoms. The predicted molar refractivity (Wildman–Crippen MR) is 114 cm³/mol. The number of rotatable bonds is 8. The molecule has 0 fully saturated rings. The number of hydrogen-bond donors (Lipinski definition) is 2. The zero-order valence-electron chi connectivity index (χ0n) is 16.0. The zero-order chi connectivity index (χ0) is 20.8. The number of nitro groups is 1. The molecular formula is C20H20N4O4S. The summed E-state index contributed by atoms with van der Waals surface area (Å²) in [5, 5.41) is 17.3. The van der Waals surface area contributed by atoms with E-state index in [1.165, 1.54) is 17.4 Å². The van der Waals surface area contributed by atoms with E-state index in [-0.39, 0.29) is 24.6 Å². The van der Waals surface area contributed by atoms with Crippen molar-refractivity contribution < 1.29 is 14.5 Å². The Morgan fingerprint density at radius 2 is 1.93 bits per heavy atom. The lowest BCUT2D eigenvalue weighted by Crippen LogP contribution is -2.16. The largest absolute Gasteiger partial charge is 0.497 e. The smallest absolute Gasteiger partial charge is 0.292 e. The van der Waals surface area contributed by atoms with Crippen LogP contribution in [0.1, 0.15) is 11.3 Å². The Labute approximate surface area is 171 Å². The van der Waals surface area contributed by atoms with Crippen molar-refractivity contribution in [2.24, 2.45) is 0 Å². The van der Waals surface area contributed by atoms with Crippen molar-refractivity contribution >= 4 is 33.8 Å². The number of nitro benzene ring substituents is 1. The van der Waals surface area contributed by atoms with Crippen molar-refractivity contribution in [1.29, 1.82) is 0 Å². The van der Waals surface area contributed by atoms with E-state index in [2.05, 4.69) is 15.6 Å². The van der Waals surface area contributed by atoms with Crippen molar-refractivity contribution in [3.8, 4) is 17.0 Å². The maximum Gasteiger partial charge on any atom is 0.292 e. The molecule has 3 rings (SSSR count). The van der Waals surface area contributed by atoms with Gasteiger partial charge in [-0.15, -0.1) is 11.3 Å². The second-order valence-electron chi connectivity index (χ2n) is 6.15. The molecule has 8 nitrogen and oxygen atoms in total. The van der Waals surface area contributed by atoms with Gasteiger partial charge in [-0.2, -0.15) is 0 Å². The maximum absolute atomic E-state index is 12.2. The van der Waals surface area contributed by atoms with E-state index < -0.39 is 4.92 Å². The van der Waals surface area contributed by atoms with Gasteiger partial charge in [0, 0.05) is 29.5 Å². The minimum Gasteiger partial charge on any atom is -0.497 e. The fourth-order valence-corrected chi connectivity index (χ4v) is 3.59. The highest BCUT2D eigenvalue weighted by molar-refractivity contribution is 7.16. The maximum atomic E-state index is 12.2. The standard InChI is InChI=1S/C20H20N4O4S/c1-13-19(14-7-9-15(28-2)10-8-14)23-20(29-13)22-18(25)11-12-21-16-5-3-4-6-17(16)24(26)27/h3-10,21H,11-12H2,1-2H3,(H,22,23,25). The van der Waals surface area contributed by atoms with Gasteiger partial charge in [0.15, 0.2) is 5.13 Å². The molecule has 0 aliphatic heterocycles. The van der Waals surface area contributed by atoms with Crippen LogP contribution in [-0.2, 0) is 4.79 Å². The molecule has 0 atom stereocenters. The average Bonchev–Trinajstić information content (AvgIpc) is 3.08. The molecule has 1 amide bonds. The van der Waals surface area contributed by atoms with E-state index in [9.17, 15) is 14.9 Å². The van der Waals surface area contributed by atoms with E-state index in [4.69, 9.17) is 4.74 Å². The third kappa shape index (κ3) is 5.08. The van der Waals surface area contributed by atoms with Crippen LogP contribution in [0.2, 0.25) is 0 Å². The summed E-state index contributed by atoms with van der Waals surface area (Å²) >= 11 is 1.40. The predicted octanol–water partition coefficient (Wildman–Crippen LogP) is 4.48. The summed E-state index contributed by atoms with van der Waals surface area (Å²) in [5.41, 5.74) is 2.12. The number of nitrogens with one attached hydrogen (secondary N) is 2. The number of aryl methyl sites for hydroxylation is 1. The van der Waals surface area contributed by atoms with E-state index in [1.54, 1.807) is 25.3 Å². The number of carbonyl (C=O) groups is 1. The molecule has 0 unspecified atom stereocenters. The summed E-state index contributed by atoms with van der Waals surface area (Å²) in [6, 6.07) is 13.9. The number of hydrogen-bond acceptors (Lipinski definition) is 7. The van der Waals surface area contributed by atoms with Crippen LogP contribution in [0.5, 0.6) is 5.75 Å². The molecule has 0 radical (unpaired) electrons. The van der Waals surface area contributed by atoms with Crippen LogP contribution in [0.4, 0.5) is 16.5 Å². The van der Waals surface area contributed by atoms with Gasteiger partial charge in [0.2, 0.25) is 5.91 Å². The van der Waals surface area contributed by atoms with Crippen molar-refractivity contribution in [1.82, 2.24) is 4.98 Å². The number of carbonyl (C=O) groups excluding carboxylic acids is 1. The monoisotopic (exact) mass is 412 g/mol. The Balaban J connectivity index is 1.58. The molecule has 1 heterocycles. The first-order valence-electron chi connectivity index (χ1n) is 8.87. The Morgan fingerprint density at radius 3 is 2.62 bits per heavy atom. The van der Waals surface area contributed by atoms with Gasteiger partial charge in [0.05, 0.1) is 17.7 Å². The van der Waals surface area contributed by atoms with E-state index in [0.717, 1.165) is 21.9 Å². The first kappa shape index (κ1) is 20.3. The third-order valence-corrected chi connectivity index (χ3v) is 5.06. The van der Waals surface area contributed by atoms with Crippen molar-refractivity contribution in [2.45, 2.75) is 13.3 Å². The molecule has 2 aromatic carbocycles. The highest BCUT2D eigenvalue weighted by Crippen LogP contribution is 2.31. The molecule has 2 N–H and O–H groups in total. The summed E-state index contributed by atoms with van der Waals surface area (Å²) in [7, 11) is 1.61. The summed E-state index contributed by atoms with van der Waals surface area (Å²) in [6.07, 6.45) is 0.155. The molecule has 3 aromatic rings. The van der Waals surface area contributed by atoms with Crippen LogP contribution < -0.4 is 15.4 Å². The number of para-hydroxylation sites is 2. The second-order valence-corrected chi connectivity index (χ2v) is 7.35. The van der Waals surface area contributed by atoms with Gasteiger partial charge in [0.1, 0.15) is 11.4 Å². The quantitative estimate of drug-likeness (QED) is 0.417. The van der Waals surface area contributed by atoms with Crippen LogP contribution in [0.3, 0.4) is 0 Å². The van der Waals surface area contributed by atoms with Crippen molar-refractivity contribution in [3.05, 3.63) is 63.5 Å². The summed E-state index contributed by atoms with van der Waals surface area (Å²) in [6.45, 7) is 2.22. The Hall–Kier alpha value is -3.46. The van der Waals surface area contributed by atoms with Crippen molar-refractivity contribution in [3.63, 3.8) is 0 Å². The average molecular weight is 412 g/mol. The lowest BCUT2D eigenvalue weighted by molar-refractivity contribution is -0.384. The van der Waals surface area contributed by atoms with Gasteiger partial charge < -0.3 is 15.4 Å². The van der Waals surface area contributed by atoms with Crippen molar-refractivity contribution in [2.75, 3.05) is 24.3 Å². The molecule has 150 valence electrons. The van der Waals surface area contributed by atoms with Crippen LogP contribution in [0.15, 0.2) is 48.5 Å². The normalized spacial score (nSPS) is 10.4. The molecule has 0 saturated carbocycles. The molecule has 1 aromatic heterocycles. The Morgan fingerprint density at radius 1 is 1.21 bits per heavy atom. The van der Waals surface area contributed by atoms with Crippen LogP contribution in [0, 0.1) is 17.0 Å². The molecule has 0 aliphatic rings. The van der Waals surface area contributed by atoms with Crippen LogP contribution in [-0.4, -0.2) is 29.5 Å². The van der Waals surface area contributed by atoms with Gasteiger partial charge >= 0.3 is 0 Å². The lowest BCUT2D eigenvalue weighted by Gasteiger charge is -2.06. The fraction of sp³-hybridized carbons (Fsp3) is 0.200. The van der Waals surface area contributed by atoms with Gasteiger partial charge in [-0.25, -0.2) is 4.98 Å². The Kier molecular flexibility index (Phi) is 6.40. The number of amides is 1. The summed E-state index contributed by atoms with van der Waals surface area (Å²) in [4.78, 5) is 28.3. The van der Waals surface area contributed by atoms with E-state index in [1.807, 2.05) is 31.2 Å². The minimum absolute atomic E-state index is 0.0208. The van der Waals surface area contributed by atoms with Gasteiger partial charge in [-0.05, 0) is 37.3 Å². The van der Waals surface area contributed by atoms with Gasteiger partial charge in [0.25, 0.3) is 5.69 Å². The number of aromatic nitrogens is 1. The summed E-state index contributed by atoms with van der Waals surface area (Å²) < 4.78 is 5.16. The number of ether oxygens (including phenoxy) is 1. The highest BCUT2D eigenvalue weighted by Gasteiger charge is 2.14.